The molecule has 0 unspecified atom stereocenters. The molecule has 142 valence electrons. The summed E-state index contributed by atoms with van der Waals surface area (Å²) in [7, 11) is -1.88. The van der Waals surface area contributed by atoms with E-state index in [9.17, 15) is 13.2 Å². The van der Waals surface area contributed by atoms with Gasteiger partial charge in [-0.1, -0.05) is 0 Å². The summed E-state index contributed by atoms with van der Waals surface area (Å²) in [5.41, 5.74) is 1.21. The number of rotatable bonds is 6. The van der Waals surface area contributed by atoms with Gasteiger partial charge >= 0.3 is 0 Å². The SMILES string of the molecule is Cl.Cn1cc(CNS(=O)(=O)c2ccc(C(=O)N[C@H]3CCNC3)cc2)cn1. The van der Waals surface area contributed by atoms with Crippen LogP contribution in [0.1, 0.15) is 22.3 Å². The number of aryl methyl sites for hydroxylation is 1. The molecule has 0 spiro atoms. The highest BCUT2D eigenvalue weighted by molar-refractivity contribution is 7.89. The number of aromatic nitrogens is 2. The molecule has 1 atom stereocenters. The van der Waals surface area contributed by atoms with Gasteiger partial charge in [-0.05, 0) is 37.2 Å². The quantitative estimate of drug-likeness (QED) is 0.652. The van der Waals surface area contributed by atoms with E-state index in [1.807, 2.05) is 0 Å². The Bertz CT molecular complexity index is 845. The Balaban J connectivity index is 0.00000243. The molecule has 26 heavy (non-hydrogen) atoms. The molecule has 1 aliphatic rings. The van der Waals surface area contributed by atoms with Gasteiger partial charge in [0.25, 0.3) is 5.91 Å². The normalized spacial score (nSPS) is 16.9. The van der Waals surface area contributed by atoms with E-state index in [1.165, 1.54) is 24.3 Å². The fourth-order valence-electron chi connectivity index (χ4n) is 2.66. The van der Waals surface area contributed by atoms with Crippen molar-refractivity contribution in [1.82, 2.24) is 25.1 Å². The summed E-state index contributed by atoms with van der Waals surface area (Å²) in [6, 6.07) is 6.05. The first-order valence-electron chi connectivity index (χ1n) is 8.03. The molecular formula is C16H22ClN5O3S. The molecule has 1 aromatic carbocycles. The van der Waals surface area contributed by atoms with Crippen molar-refractivity contribution in [2.24, 2.45) is 7.05 Å². The van der Waals surface area contributed by atoms with Crippen LogP contribution in [0, 0.1) is 0 Å². The van der Waals surface area contributed by atoms with Crippen molar-refractivity contribution in [3.8, 4) is 0 Å². The molecule has 2 heterocycles. The fourth-order valence-corrected chi connectivity index (χ4v) is 3.67. The van der Waals surface area contributed by atoms with Crippen LogP contribution in [0.15, 0.2) is 41.6 Å². The Hall–Kier alpha value is -1.94. The number of nitrogens with one attached hydrogen (secondary N) is 3. The molecule has 8 nitrogen and oxygen atoms in total. The van der Waals surface area contributed by atoms with Crippen molar-refractivity contribution in [3.05, 3.63) is 47.8 Å². The van der Waals surface area contributed by atoms with Crippen LogP contribution in [-0.2, 0) is 23.6 Å². The first kappa shape index (κ1) is 20.4. The van der Waals surface area contributed by atoms with Crippen molar-refractivity contribution in [2.75, 3.05) is 13.1 Å². The van der Waals surface area contributed by atoms with Gasteiger partial charge in [-0.3, -0.25) is 9.48 Å². The number of amides is 1. The Morgan fingerprint density at radius 2 is 2.08 bits per heavy atom. The Morgan fingerprint density at radius 3 is 2.65 bits per heavy atom. The smallest absolute Gasteiger partial charge is 0.251 e. The van der Waals surface area contributed by atoms with E-state index in [0.29, 0.717) is 5.56 Å². The molecule has 0 saturated carbocycles. The van der Waals surface area contributed by atoms with Gasteiger partial charge in [0, 0.05) is 43.5 Å². The third-order valence-corrected chi connectivity index (χ3v) is 5.46. The average molecular weight is 400 g/mol. The van der Waals surface area contributed by atoms with Gasteiger partial charge in [0.2, 0.25) is 10.0 Å². The molecule has 2 aromatic rings. The van der Waals surface area contributed by atoms with E-state index in [4.69, 9.17) is 0 Å². The van der Waals surface area contributed by atoms with Crippen LogP contribution in [-0.4, -0.2) is 43.2 Å². The van der Waals surface area contributed by atoms with Gasteiger partial charge in [-0.25, -0.2) is 13.1 Å². The lowest BCUT2D eigenvalue weighted by molar-refractivity contribution is 0.0940. The minimum Gasteiger partial charge on any atom is -0.348 e. The second kappa shape index (κ2) is 8.63. The predicted molar refractivity (Wildman–Crippen MR) is 99.7 cm³/mol. The molecule has 1 amide bonds. The molecule has 10 heteroatoms. The number of nitrogens with zero attached hydrogens (tertiary/aromatic N) is 2. The van der Waals surface area contributed by atoms with Crippen LogP contribution >= 0.6 is 12.4 Å². The van der Waals surface area contributed by atoms with Gasteiger partial charge in [0.1, 0.15) is 0 Å². The molecule has 1 aromatic heterocycles. The lowest BCUT2D eigenvalue weighted by Gasteiger charge is -2.11. The Kier molecular flexibility index (Phi) is 6.76. The summed E-state index contributed by atoms with van der Waals surface area (Å²) in [4.78, 5) is 12.3. The highest BCUT2D eigenvalue weighted by Gasteiger charge is 2.19. The maximum Gasteiger partial charge on any atom is 0.251 e. The van der Waals surface area contributed by atoms with Crippen LogP contribution in [0.2, 0.25) is 0 Å². The molecule has 0 radical (unpaired) electrons. The maximum absolute atomic E-state index is 12.3. The number of carbonyl (C=O) groups is 1. The van der Waals surface area contributed by atoms with Crippen LogP contribution in [0.4, 0.5) is 0 Å². The lowest BCUT2D eigenvalue weighted by Crippen LogP contribution is -2.36. The average Bonchev–Trinajstić information content (AvgIpc) is 3.25. The van der Waals surface area contributed by atoms with Crippen LogP contribution in [0.5, 0.6) is 0 Å². The van der Waals surface area contributed by atoms with Gasteiger partial charge in [0.15, 0.2) is 0 Å². The third-order valence-electron chi connectivity index (χ3n) is 4.05. The maximum atomic E-state index is 12.3. The Labute approximate surface area is 158 Å². The second-order valence-corrected chi connectivity index (χ2v) is 7.80. The molecular weight excluding hydrogens is 378 g/mol. The highest BCUT2D eigenvalue weighted by Crippen LogP contribution is 2.12. The summed E-state index contributed by atoms with van der Waals surface area (Å²) in [5.74, 6) is -0.194. The fraction of sp³-hybridized carbons (Fsp3) is 0.375. The minimum absolute atomic E-state index is 0. The zero-order valence-electron chi connectivity index (χ0n) is 14.3. The van der Waals surface area contributed by atoms with Crippen molar-refractivity contribution >= 4 is 28.3 Å². The van der Waals surface area contributed by atoms with E-state index in [-0.39, 0.29) is 35.8 Å². The monoisotopic (exact) mass is 399 g/mol. The van der Waals surface area contributed by atoms with Crippen LogP contribution in [0.25, 0.3) is 0 Å². The Morgan fingerprint density at radius 1 is 1.35 bits per heavy atom. The number of hydrogen-bond donors (Lipinski definition) is 3. The summed E-state index contributed by atoms with van der Waals surface area (Å²) in [6.45, 7) is 1.81. The largest absolute Gasteiger partial charge is 0.348 e. The summed E-state index contributed by atoms with van der Waals surface area (Å²) in [6.07, 6.45) is 4.25. The standard InChI is InChI=1S/C16H21N5O3S.ClH/c1-21-11-12(8-18-21)9-19-25(23,24)15-4-2-13(3-5-15)16(22)20-14-6-7-17-10-14;/h2-5,8,11,14,17,19H,6-7,9-10H2,1H3,(H,20,22);1H/t14-;/m0./s1. The summed E-state index contributed by atoms with van der Waals surface area (Å²) in [5, 5.41) is 10.1. The van der Waals surface area contributed by atoms with E-state index >= 15 is 0 Å². The number of benzene rings is 1. The third kappa shape index (κ3) is 5.04. The molecule has 1 fully saturated rings. The van der Waals surface area contributed by atoms with Crippen molar-refractivity contribution < 1.29 is 13.2 Å². The van der Waals surface area contributed by atoms with Gasteiger partial charge in [0.05, 0.1) is 11.1 Å². The zero-order valence-corrected chi connectivity index (χ0v) is 15.9. The number of halogens is 1. The summed E-state index contributed by atoms with van der Waals surface area (Å²) >= 11 is 0. The first-order valence-corrected chi connectivity index (χ1v) is 9.51. The van der Waals surface area contributed by atoms with Gasteiger partial charge < -0.3 is 10.6 Å². The molecule has 0 aliphatic carbocycles. The van der Waals surface area contributed by atoms with Gasteiger partial charge in [-0.15, -0.1) is 12.4 Å². The van der Waals surface area contributed by atoms with Crippen LogP contribution < -0.4 is 15.4 Å². The van der Waals surface area contributed by atoms with Crippen molar-refractivity contribution in [2.45, 2.75) is 23.9 Å². The van der Waals surface area contributed by atoms with Crippen molar-refractivity contribution in [1.29, 1.82) is 0 Å². The predicted octanol–water partition coefficient (Wildman–Crippen LogP) is 0.412. The molecule has 1 saturated heterocycles. The van der Waals surface area contributed by atoms with Gasteiger partial charge in [-0.2, -0.15) is 5.10 Å². The molecule has 3 rings (SSSR count). The lowest BCUT2D eigenvalue weighted by atomic mass is 10.2. The van der Waals surface area contributed by atoms with E-state index in [0.717, 1.165) is 25.1 Å². The summed E-state index contributed by atoms with van der Waals surface area (Å²) < 4.78 is 28.8. The van der Waals surface area contributed by atoms with E-state index < -0.39 is 10.0 Å². The second-order valence-electron chi connectivity index (χ2n) is 6.03. The minimum atomic E-state index is -3.64. The van der Waals surface area contributed by atoms with Crippen LogP contribution in [0.3, 0.4) is 0 Å². The number of hydrogen-bond acceptors (Lipinski definition) is 5. The number of sulfonamides is 1. The zero-order chi connectivity index (χ0) is 17.9. The van der Waals surface area contributed by atoms with E-state index in [2.05, 4.69) is 20.5 Å². The number of carbonyl (C=O) groups excluding carboxylic acids is 1. The molecule has 1 aliphatic heterocycles. The highest BCUT2D eigenvalue weighted by atomic mass is 35.5. The molecule has 0 bridgehead atoms. The first-order chi connectivity index (χ1) is 11.9. The topological polar surface area (TPSA) is 105 Å². The molecule has 3 N–H and O–H groups in total. The van der Waals surface area contributed by atoms with Crippen molar-refractivity contribution in [3.63, 3.8) is 0 Å². The van der Waals surface area contributed by atoms with E-state index in [1.54, 1.807) is 24.1 Å².